The SMILES string of the molecule is COc1ccccc1CNc1ccc2cc(Nc3nccc(C(F)(F)F)n3)ccc2n1. The van der Waals surface area contributed by atoms with Crippen molar-refractivity contribution in [3.05, 3.63) is 78.1 Å². The molecule has 0 fully saturated rings. The Hall–Kier alpha value is -3.88. The number of hydrogen-bond acceptors (Lipinski definition) is 6. The number of alkyl halides is 3. The van der Waals surface area contributed by atoms with Crippen molar-refractivity contribution in [1.82, 2.24) is 15.0 Å². The molecular formula is C22H18F3N5O. The molecule has 0 saturated heterocycles. The molecule has 2 aromatic heterocycles. The van der Waals surface area contributed by atoms with E-state index in [9.17, 15) is 13.2 Å². The predicted molar refractivity (Wildman–Crippen MR) is 112 cm³/mol. The molecule has 4 rings (SSSR count). The van der Waals surface area contributed by atoms with Gasteiger partial charge in [-0.05, 0) is 42.5 Å². The van der Waals surface area contributed by atoms with E-state index >= 15 is 0 Å². The van der Waals surface area contributed by atoms with Gasteiger partial charge >= 0.3 is 6.18 Å². The molecule has 0 aliphatic carbocycles. The van der Waals surface area contributed by atoms with Crippen molar-refractivity contribution in [2.24, 2.45) is 0 Å². The monoisotopic (exact) mass is 425 g/mol. The van der Waals surface area contributed by atoms with Gasteiger partial charge in [0.2, 0.25) is 5.95 Å². The van der Waals surface area contributed by atoms with E-state index in [-0.39, 0.29) is 5.95 Å². The van der Waals surface area contributed by atoms with Crippen molar-refractivity contribution in [3.8, 4) is 5.75 Å². The van der Waals surface area contributed by atoms with Gasteiger partial charge in [-0.15, -0.1) is 0 Å². The van der Waals surface area contributed by atoms with Crippen LogP contribution in [0.1, 0.15) is 11.3 Å². The molecular weight excluding hydrogens is 407 g/mol. The first-order valence-corrected chi connectivity index (χ1v) is 9.36. The van der Waals surface area contributed by atoms with Crippen LogP contribution in [0.25, 0.3) is 10.9 Å². The maximum Gasteiger partial charge on any atom is 0.433 e. The summed E-state index contributed by atoms with van der Waals surface area (Å²) in [5.41, 5.74) is 1.30. The number of para-hydroxylation sites is 1. The van der Waals surface area contributed by atoms with Crippen molar-refractivity contribution < 1.29 is 17.9 Å². The lowest BCUT2D eigenvalue weighted by Crippen LogP contribution is -2.10. The lowest BCUT2D eigenvalue weighted by molar-refractivity contribution is -0.141. The van der Waals surface area contributed by atoms with Gasteiger partial charge in [0.1, 0.15) is 17.3 Å². The highest BCUT2D eigenvalue weighted by molar-refractivity contribution is 5.84. The van der Waals surface area contributed by atoms with Crippen molar-refractivity contribution in [3.63, 3.8) is 0 Å². The van der Waals surface area contributed by atoms with Crippen LogP contribution in [-0.4, -0.2) is 22.1 Å². The largest absolute Gasteiger partial charge is 0.496 e. The van der Waals surface area contributed by atoms with Gasteiger partial charge in [0, 0.05) is 29.4 Å². The van der Waals surface area contributed by atoms with Gasteiger partial charge < -0.3 is 15.4 Å². The number of methoxy groups -OCH3 is 1. The number of nitrogens with zero attached hydrogens (tertiary/aromatic N) is 3. The van der Waals surface area contributed by atoms with Gasteiger partial charge in [-0.1, -0.05) is 18.2 Å². The van der Waals surface area contributed by atoms with Crippen LogP contribution in [0.4, 0.5) is 30.6 Å². The minimum absolute atomic E-state index is 0.128. The second-order valence-corrected chi connectivity index (χ2v) is 6.66. The van der Waals surface area contributed by atoms with Gasteiger partial charge in [0.05, 0.1) is 12.6 Å². The van der Waals surface area contributed by atoms with E-state index in [0.717, 1.165) is 34.5 Å². The van der Waals surface area contributed by atoms with Gasteiger partial charge in [-0.25, -0.2) is 15.0 Å². The smallest absolute Gasteiger partial charge is 0.433 e. The van der Waals surface area contributed by atoms with Crippen molar-refractivity contribution >= 4 is 28.4 Å². The van der Waals surface area contributed by atoms with E-state index in [4.69, 9.17) is 4.74 Å². The molecule has 2 aromatic carbocycles. The summed E-state index contributed by atoms with van der Waals surface area (Å²) < 4.78 is 43.8. The summed E-state index contributed by atoms with van der Waals surface area (Å²) in [7, 11) is 1.63. The molecule has 0 saturated carbocycles. The summed E-state index contributed by atoms with van der Waals surface area (Å²) in [5.74, 6) is 1.36. The lowest BCUT2D eigenvalue weighted by Gasteiger charge is -2.11. The van der Waals surface area contributed by atoms with E-state index < -0.39 is 11.9 Å². The number of nitrogens with one attached hydrogen (secondary N) is 2. The molecule has 0 aliphatic heterocycles. The highest BCUT2D eigenvalue weighted by atomic mass is 19.4. The number of halogens is 3. The maximum absolute atomic E-state index is 12.8. The molecule has 9 heteroatoms. The maximum atomic E-state index is 12.8. The molecule has 158 valence electrons. The molecule has 0 amide bonds. The van der Waals surface area contributed by atoms with Crippen molar-refractivity contribution in [2.75, 3.05) is 17.7 Å². The third kappa shape index (κ3) is 4.82. The molecule has 2 heterocycles. The Morgan fingerprint density at radius 2 is 1.81 bits per heavy atom. The molecule has 4 aromatic rings. The van der Waals surface area contributed by atoms with Crippen LogP contribution in [0.15, 0.2) is 66.9 Å². The molecule has 0 spiro atoms. The fourth-order valence-corrected chi connectivity index (χ4v) is 3.04. The second-order valence-electron chi connectivity index (χ2n) is 6.66. The third-order valence-electron chi connectivity index (χ3n) is 4.54. The minimum atomic E-state index is -4.53. The summed E-state index contributed by atoms with van der Waals surface area (Å²) in [6.07, 6.45) is -3.46. The Kier molecular flexibility index (Phi) is 5.57. The second kappa shape index (κ2) is 8.47. The first kappa shape index (κ1) is 20.4. The highest BCUT2D eigenvalue weighted by Crippen LogP contribution is 2.28. The quantitative estimate of drug-likeness (QED) is 0.431. The zero-order chi connectivity index (χ0) is 21.8. The summed E-state index contributed by atoms with van der Waals surface area (Å²) >= 11 is 0. The van der Waals surface area contributed by atoms with Crippen LogP contribution in [0.3, 0.4) is 0 Å². The van der Waals surface area contributed by atoms with Crippen LogP contribution in [0.2, 0.25) is 0 Å². The Morgan fingerprint density at radius 3 is 2.61 bits per heavy atom. The molecule has 0 unspecified atom stereocenters. The zero-order valence-corrected chi connectivity index (χ0v) is 16.4. The zero-order valence-electron chi connectivity index (χ0n) is 16.4. The van der Waals surface area contributed by atoms with E-state index in [1.165, 1.54) is 0 Å². The van der Waals surface area contributed by atoms with Crippen LogP contribution in [0.5, 0.6) is 5.75 Å². The van der Waals surface area contributed by atoms with E-state index in [1.54, 1.807) is 25.3 Å². The first-order chi connectivity index (χ1) is 14.9. The summed E-state index contributed by atoms with van der Waals surface area (Å²) in [4.78, 5) is 11.9. The van der Waals surface area contributed by atoms with E-state index in [0.29, 0.717) is 18.1 Å². The molecule has 0 aliphatic rings. The predicted octanol–water partition coefficient (Wildman–Crippen LogP) is 5.41. The number of fused-ring (bicyclic) bond motifs is 1. The van der Waals surface area contributed by atoms with Crippen LogP contribution < -0.4 is 15.4 Å². The Labute approximate surface area is 176 Å². The van der Waals surface area contributed by atoms with Gasteiger partial charge in [0.25, 0.3) is 0 Å². The molecule has 0 bridgehead atoms. The number of hydrogen-bond donors (Lipinski definition) is 2. The minimum Gasteiger partial charge on any atom is -0.496 e. The molecule has 0 radical (unpaired) electrons. The van der Waals surface area contributed by atoms with Gasteiger partial charge in [-0.3, -0.25) is 0 Å². The number of rotatable bonds is 6. The molecule has 0 atom stereocenters. The normalized spacial score (nSPS) is 11.4. The Bertz CT molecular complexity index is 1210. The summed E-state index contributed by atoms with van der Waals surface area (Å²) in [5, 5.41) is 6.89. The average Bonchev–Trinajstić information content (AvgIpc) is 2.77. The lowest BCUT2D eigenvalue weighted by atomic mass is 10.2. The number of benzene rings is 2. The molecule has 31 heavy (non-hydrogen) atoms. The number of pyridine rings is 1. The highest BCUT2D eigenvalue weighted by Gasteiger charge is 2.32. The van der Waals surface area contributed by atoms with Crippen molar-refractivity contribution in [2.45, 2.75) is 12.7 Å². The molecule has 6 nitrogen and oxygen atoms in total. The summed E-state index contributed by atoms with van der Waals surface area (Å²) in [6.45, 7) is 0.551. The van der Waals surface area contributed by atoms with Gasteiger partial charge in [-0.2, -0.15) is 13.2 Å². The fourth-order valence-electron chi connectivity index (χ4n) is 3.04. The topological polar surface area (TPSA) is 72.0 Å². The Morgan fingerprint density at radius 1 is 0.968 bits per heavy atom. The Balaban J connectivity index is 1.49. The first-order valence-electron chi connectivity index (χ1n) is 9.36. The fraction of sp³-hybridized carbons (Fsp3) is 0.136. The van der Waals surface area contributed by atoms with E-state index in [2.05, 4.69) is 25.6 Å². The number of ether oxygens (including phenoxy) is 1. The average molecular weight is 425 g/mol. The van der Waals surface area contributed by atoms with Gasteiger partial charge in [0.15, 0.2) is 0 Å². The van der Waals surface area contributed by atoms with Crippen LogP contribution in [0, 0.1) is 0 Å². The van der Waals surface area contributed by atoms with Crippen LogP contribution in [-0.2, 0) is 12.7 Å². The van der Waals surface area contributed by atoms with Crippen molar-refractivity contribution in [1.29, 1.82) is 0 Å². The number of anilines is 3. The standard InChI is InChI=1S/C22H18F3N5O/c1-31-18-5-3-2-4-15(18)13-27-20-9-6-14-12-16(7-8-17(14)29-20)28-21-26-11-10-19(30-21)22(23,24)25/h2-12H,13H2,1H3,(H,27,29)(H,26,28,30). The molecule has 2 N–H and O–H groups in total. The third-order valence-corrected chi connectivity index (χ3v) is 4.54. The summed E-state index contributed by atoms with van der Waals surface area (Å²) in [6, 6.07) is 17.5. The van der Waals surface area contributed by atoms with E-state index in [1.807, 2.05) is 36.4 Å². The van der Waals surface area contributed by atoms with Crippen LogP contribution >= 0.6 is 0 Å². The number of aromatic nitrogens is 3.